The Labute approximate surface area is 107 Å². The molecule has 0 heterocycles. The van der Waals surface area contributed by atoms with E-state index in [0.29, 0.717) is 11.8 Å². The minimum Gasteiger partial charge on any atom is -0.384 e. The van der Waals surface area contributed by atoms with Crippen molar-refractivity contribution in [1.29, 1.82) is 0 Å². The summed E-state index contributed by atoms with van der Waals surface area (Å²) in [5.41, 5.74) is -0.0575. The van der Waals surface area contributed by atoms with Gasteiger partial charge in [0.1, 0.15) is 0 Å². The molecule has 0 amide bonds. The number of ether oxygens (including phenoxy) is 2. The first-order valence-electron chi connectivity index (χ1n) is 7.10. The number of rotatable bonds is 6. The summed E-state index contributed by atoms with van der Waals surface area (Å²) in [5.74, 6) is 1.82. The van der Waals surface area contributed by atoms with Crippen LogP contribution in [0.2, 0.25) is 0 Å². The molecular weight excluding hydrogens is 212 g/mol. The van der Waals surface area contributed by atoms with Crippen LogP contribution < -0.4 is 0 Å². The van der Waals surface area contributed by atoms with Gasteiger partial charge in [0.05, 0.1) is 12.2 Å². The molecule has 0 aromatic carbocycles. The van der Waals surface area contributed by atoms with E-state index in [9.17, 15) is 0 Å². The highest BCUT2D eigenvalue weighted by Gasteiger charge is 2.41. The molecule has 1 rings (SSSR count). The first-order chi connectivity index (χ1) is 8.06. The SMILES string of the molecule is COCC(C1CCCCC1)C(C)(OC)C(C)C. The van der Waals surface area contributed by atoms with Crippen LogP contribution in [0.5, 0.6) is 0 Å². The molecule has 0 radical (unpaired) electrons. The normalized spacial score (nSPS) is 23.6. The molecule has 102 valence electrons. The van der Waals surface area contributed by atoms with Crippen molar-refractivity contribution in [2.75, 3.05) is 20.8 Å². The molecule has 2 atom stereocenters. The van der Waals surface area contributed by atoms with E-state index >= 15 is 0 Å². The van der Waals surface area contributed by atoms with Crippen molar-refractivity contribution in [3.8, 4) is 0 Å². The average Bonchev–Trinajstić information content (AvgIpc) is 2.36. The van der Waals surface area contributed by atoms with Gasteiger partial charge in [0, 0.05) is 20.1 Å². The van der Waals surface area contributed by atoms with E-state index in [4.69, 9.17) is 9.47 Å². The quantitative estimate of drug-likeness (QED) is 0.703. The lowest BCUT2D eigenvalue weighted by molar-refractivity contribution is -0.119. The Morgan fingerprint density at radius 1 is 1.12 bits per heavy atom. The summed E-state index contributed by atoms with van der Waals surface area (Å²) in [6, 6.07) is 0. The summed E-state index contributed by atoms with van der Waals surface area (Å²) in [7, 11) is 3.66. The summed E-state index contributed by atoms with van der Waals surface area (Å²) in [6.07, 6.45) is 6.85. The molecule has 0 saturated heterocycles. The predicted octanol–water partition coefficient (Wildman–Crippen LogP) is 3.89. The maximum atomic E-state index is 5.89. The number of methoxy groups -OCH3 is 2. The van der Waals surface area contributed by atoms with Crippen molar-refractivity contribution in [2.24, 2.45) is 17.8 Å². The second-order valence-corrected chi connectivity index (χ2v) is 6.00. The van der Waals surface area contributed by atoms with Crippen LogP contribution in [0, 0.1) is 17.8 Å². The largest absolute Gasteiger partial charge is 0.384 e. The van der Waals surface area contributed by atoms with E-state index in [0.717, 1.165) is 12.5 Å². The zero-order valence-corrected chi connectivity index (χ0v) is 12.3. The van der Waals surface area contributed by atoms with Gasteiger partial charge >= 0.3 is 0 Å². The molecule has 2 heteroatoms. The van der Waals surface area contributed by atoms with Crippen molar-refractivity contribution >= 4 is 0 Å². The second-order valence-electron chi connectivity index (χ2n) is 6.00. The maximum absolute atomic E-state index is 5.89. The van der Waals surface area contributed by atoms with Crippen molar-refractivity contribution < 1.29 is 9.47 Å². The van der Waals surface area contributed by atoms with Crippen molar-refractivity contribution in [3.05, 3.63) is 0 Å². The molecule has 0 N–H and O–H groups in total. The van der Waals surface area contributed by atoms with Crippen LogP contribution in [0.25, 0.3) is 0 Å². The number of hydrogen-bond donors (Lipinski definition) is 0. The van der Waals surface area contributed by atoms with Gasteiger partial charge in [-0.1, -0.05) is 33.1 Å². The third kappa shape index (κ3) is 3.45. The highest BCUT2D eigenvalue weighted by Crippen LogP contribution is 2.40. The van der Waals surface area contributed by atoms with Crippen LogP contribution in [0.1, 0.15) is 52.9 Å². The summed E-state index contributed by atoms with van der Waals surface area (Å²) in [5, 5.41) is 0. The lowest BCUT2D eigenvalue weighted by atomic mass is 9.69. The van der Waals surface area contributed by atoms with Crippen LogP contribution in [-0.2, 0) is 9.47 Å². The molecular formula is C15H30O2. The van der Waals surface area contributed by atoms with Crippen molar-refractivity contribution in [3.63, 3.8) is 0 Å². The van der Waals surface area contributed by atoms with E-state index in [1.54, 1.807) is 0 Å². The van der Waals surface area contributed by atoms with Gasteiger partial charge in [-0.3, -0.25) is 0 Å². The Bertz CT molecular complexity index is 209. The highest BCUT2D eigenvalue weighted by atomic mass is 16.5. The minimum absolute atomic E-state index is 0.0575. The van der Waals surface area contributed by atoms with Crippen molar-refractivity contribution in [2.45, 2.75) is 58.5 Å². The Morgan fingerprint density at radius 3 is 2.12 bits per heavy atom. The third-order valence-electron chi connectivity index (χ3n) is 4.89. The molecule has 0 aromatic rings. The average molecular weight is 242 g/mol. The fourth-order valence-corrected chi connectivity index (χ4v) is 3.30. The van der Waals surface area contributed by atoms with Crippen LogP contribution in [0.4, 0.5) is 0 Å². The predicted molar refractivity (Wildman–Crippen MR) is 72.2 cm³/mol. The van der Waals surface area contributed by atoms with E-state index in [-0.39, 0.29) is 5.60 Å². The van der Waals surface area contributed by atoms with E-state index in [1.165, 1.54) is 32.1 Å². The fourth-order valence-electron chi connectivity index (χ4n) is 3.30. The van der Waals surface area contributed by atoms with E-state index in [1.807, 2.05) is 14.2 Å². The maximum Gasteiger partial charge on any atom is 0.0726 e. The molecule has 1 aliphatic rings. The molecule has 1 fully saturated rings. The first kappa shape index (κ1) is 15.0. The van der Waals surface area contributed by atoms with Crippen LogP contribution in [0.15, 0.2) is 0 Å². The Hall–Kier alpha value is -0.0800. The van der Waals surface area contributed by atoms with Gasteiger partial charge in [-0.25, -0.2) is 0 Å². The summed E-state index contributed by atoms with van der Waals surface area (Å²) in [4.78, 5) is 0. The van der Waals surface area contributed by atoms with Crippen LogP contribution in [-0.4, -0.2) is 26.4 Å². The van der Waals surface area contributed by atoms with Crippen molar-refractivity contribution in [1.82, 2.24) is 0 Å². The fraction of sp³-hybridized carbons (Fsp3) is 1.00. The summed E-state index contributed by atoms with van der Waals surface area (Å²) < 4.78 is 11.4. The Kier molecular flexibility index (Phi) is 5.94. The third-order valence-corrected chi connectivity index (χ3v) is 4.89. The smallest absolute Gasteiger partial charge is 0.0726 e. The molecule has 0 bridgehead atoms. The first-order valence-corrected chi connectivity index (χ1v) is 7.10. The Balaban J connectivity index is 2.81. The number of hydrogen-bond acceptors (Lipinski definition) is 2. The van der Waals surface area contributed by atoms with E-state index < -0.39 is 0 Å². The zero-order valence-electron chi connectivity index (χ0n) is 12.3. The lowest BCUT2D eigenvalue weighted by Crippen LogP contribution is -2.48. The van der Waals surface area contributed by atoms with Gasteiger partial charge in [0.25, 0.3) is 0 Å². The molecule has 2 unspecified atom stereocenters. The molecule has 17 heavy (non-hydrogen) atoms. The molecule has 0 spiro atoms. The summed E-state index contributed by atoms with van der Waals surface area (Å²) >= 11 is 0. The van der Waals surface area contributed by atoms with Gasteiger partial charge in [0.15, 0.2) is 0 Å². The van der Waals surface area contributed by atoms with Gasteiger partial charge in [-0.15, -0.1) is 0 Å². The molecule has 2 nitrogen and oxygen atoms in total. The molecule has 0 aromatic heterocycles. The van der Waals surface area contributed by atoms with Crippen LogP contribution in [0.3, 0.4) is 0 Å². The summed E-state index contributed by atoms with van der Waals surface area (Å²) in [6.45, 7) is 7.60. The van der Waals surface area contributed by atoms with Crippen LogP contribution >= 0.6 is 0 Å². The zero-order chi connectivity index (χ0) is 12.9. The minimum atomic E-state index is -0.0575. The monoisotopic (exact) mass is 242 g/mol. The molecule has 1 aliphatic carbocycles. The van der Waals surface area contributed by atoms with Gasteiger partial charge in [-0.05, 0) is 31.6 Å². The molecule has 0 aliphatic heterocycles. The Morgan fingerprint density at radius 2 is 1.71 bits per heavy atom. The van der Waals surface area contributed by atoms with Gasteiger partial charge < -0.3 is 9.47 Å². The molecule has 1 saturated carbocycles. The second kappa shape index (κ2) is 6.75. The standard InChI is InChI=1S/C15H30O2/c1-12(2)15(3,17-5)14(11-16-4)13-9-7-6-8-10-13/h12-14H,6-11H2,1-5H3. The van der Waals surface area contributed by atoms with E-state index in [2.05, 4.69) is 20.8 Å². The van der Waals surface area contributed by atoms with Gasteiger partial charge in [-0.2, -0.15) is 0 Å². The van der Waals surface area contributed by atoms with Gasteiger partial charge in [0.2, 0.25) is 0 Å². The topological polar surface area (TPSA) is 18.5 Å². The lowest BCUT2D eigenvalue weighted by Gasteiger charge is -2.44. The highest BCUT2D eigenvalue weighted by molar-refractivity contribution is 4.91.